The second-order valence-electron chi connectivity index (χ2n) is 6.39. The van der Waals surface area contributed by atoms with Crippen molar-refractivity contribution in [3.63, 3.8) is 0 Å². The molecular weight excluding hydrogens is 384 g/mol. The predicted octanol–water partition coefficient (Wildman–Crippen LogP) is 2.30. The quantitative estimate of drug-likeness (QED) is 0.451. The number of hydrazone groups is 1. The highest BCUT2D eigenvalue weighted by molar-refractivity contribution is 5.79. The third-order valence-corrected chi connectivity index (χ3v) is 4.33. The average molecular weight is 406 g/mol. The van der Waals surface area contributed by atoms with Gasteiger partial charge in [0.05, 0.1) is 26.5 Å². The molecule has 10 heteroatoms. The van der Waals surface area contributed by atoms with Gasteiger partial charge in [-0.3, -0.25) is 4.98 Å². The maximum Gasteiger partial charge on any atom is 0.250 e. The van der Waals surface area contributed by atoms with E-state index in [9.17, 15) is 0 Å². The van der Waals surface area contributed by atoms with Crippen molar-refractivity contribution in [2.75, 3.05) is 49.1 Å². The molecular formula is C20H22N8O2. The smallest absolute Gasteiger partial charge is 0.250 e. The Balaban J connectivity index is 1.55. The molecule has 1 aliphatic rings. The van der Waals surface area contributed by atoms with E-state index in [1.807, 2.05) is 36.4 Å². The Hall–Kier alpha value is -3.79. The summed E-state index contributed by atoms with van der Waals surface area (Å²) < 4.78 is 10.6. The highest BCUT2D eigenvalue weighted by Gasteiger charge is 2.16. The van der Waals surface area contributed by atoms with Crippen LogP contribution in [0.25, 0.3) is 0 Å². The molecule has 0 amide bonds. The highest BCUT2D eigenvalue weighted by Crippen LogP contribution is 2.20. The molecule has 30 heavy (non-hydrogen) atoms. The van der Waals surface area contributed by atoms with E-state index in [4.69, 9.17) is 9.47 Å². The minimum atomic E-state index is 0.336. The fourth-order valence-electron chi connectivity index (χ4n) is 2.80. The predicted molar refractivity (Wildman–Crippen MR) is 115 cm³/mol. The number of nitrogens with zero attached hydrogens (tertiary/aromatic N) is 6. The van der Waals surface area contributed by atoms with Crippen LogP contribution in [0, 0.1) is 0 Å². The van der Waals surface area contributed by atoms with Crippen molar-refractivity contribution >= 4 is 29.7 Å². The molecule has 10 nitrogen and oxygen atoms in total. The van der Waals surface area contributed by atoms with Crippen molar-refractivity contribution in [2.45, 2.75) is 0 Å². The van der Waals surface area contributed by atoms with Crippen LogP contribution in [0.5, 0.6) is 5.75 Å². The van der Waals surface area contributed by atoms with E-state index >= 15 is 0 Å². The molecule has 0 bridgehead atoms. The largest absolute Gasteiger partial charge is 0.497 e. The molecule has 2 aromatic heterocycles. The number of hydrogen-bond acceptors (Lipinski definition) is 10. The molecule has 3 aromatic rings. The third kappa shape index (κ3) is 5.17. The fourth-order valence-corrected chi connectivity index (χ4v) is 2.80. The van der Waals surface area contributed by atoms with Crippen LogP contribution in [0.2, 0.25) is 0 Å². The molecule has 3 heterocycles. The van der Waals surface area contributed by atoms with Gasteiger partial charge in [-0.1, -0.05) is 6.07 Å². The molecule has 1 aliphatic heterocycles. The first-order valence-electron chi connectivity index (χ1n) is 9.49. The van der Waals surface area contributed by atoms with E-state index in [0.29, 0.717) is 44.1 Å². The summed E-state index contributed by atoms with van der Waals surface area (Å²) in [7, 11) is 1.63. The first-order valence-corrected chi connectivity index (χ1v) is 9.49. The summed E-state index contributed by atoms with van der Waals surface area (Å²) in [6.45, 7) is 2.69. The SMILES string of the molecule is COc1ccc(Nc2nc(N/N=C/c3cccnc3)nc(N3CCOCC3)n2)cc1. The summed E-state index contributed by atoms with van der Waals surface area (Å²) in [5.74, 6) is 2.08. The second-order valence-corrected chi connectivity index (χ2v) is 6.39. The Labute approximate surface area is 174 Å². The van der Waals surface area contributed by atoms with Crippen molar-refractivity contribution in [1.29, 1.82) is 0 Å². The minimum Gasteiger partial charge on any atom is -0.497 e. The first kappa shape index (κ1) is 19.5. The Morgan fingerprint density at radius 2 is 1.87 bits per heavy atom. The zero-order valence-electron chi connectivity index (χ0n) is 16.5. The summed E-state index contributed by atoms with van der Waals surface area (Å²) in [4.78, 5) is 19.6. The topological polar surface area (TPSA) is 110 Å². The van der Waals surface area contributed by atoms with Gasteiger partial charge in [-0.25, -0.2) is 5.43 Å². The van der Waals surface area contributed by atoms with Crippen LogP contribution in [-0.2, 0) is 4.74 Å². The van der Waals surface area contributed by atoms with E-state index in [-0.39, 0.29) is 0 Å². The Morgan fingerprint density at radius 1 is 1.07 bits per heavy atom. The summed E-state index contributed by atoms with van der Waals surface area (Å²) in [6, 6.07) is 11.3. The molecule has 1 fully saturated rings. The van der Waals surface area contributed by atoms with Gasteiger partial charge in [0.15, 0.2) is 0 Å². The van der Waals surface area contributed by atoms with Crippen molar-refractivity contribution in [2.24, 2.45) is 5.10 Å². The fraction of sp³-hybridized carbons (Fsp3) is 0.250. The van der Waals surface area contributed by atoms with Crippen molar-refractivity contribution in [3.05, 3.63) is 54.4 Å². The molecule has 0 unspecified atom stereocenters. The Bertz CT molecular complexity index is 976. The van der Waals surface area contributed by atoms with Gasteiger partial charge in [-0.15, -0.1) is 0 Å². The average Bonchev–Trinajstić information content (AvgIpc) is 2.81. The van der Waals surface area contributed by atoms with Crippen LogP contribution in [-0.4, -0.2) is 59.6 Å². The first-order chi connectivity index (χ1) is 14.8. The monoisotopic (exact) mass is 406 g/mol. The lowest BCUT2D eigenvalue weighted by Gasteiger charge is -2.27. The standard InChI is InChI=1S/C20H22N8O2/c1-29-17-6-4-16(5-7-17)23-18-24-19(27-22-14-15-3-2-8-21-13-15)26-20(25-18)28-9-11-30-12-10-28/h2-8,13-14H,9-12H2,1H3,(H2,23,24,25,26,27)/b22-14+. The van der Waals surface area contributed by atoms with Gasteiger partial charge in [0.2, 0.25) is 17.8 Å². The molecule has 0 aliphatic carbocycles. The van der Waals surface area contributed by atoms with Crippen LogP contribution >= 0.6 is 0 Å². The van der Waals surface area contributed by atoms with Crippen LogP contribution in [0.1, 0.15) is 5.56 Å². The number of benzene rings is 1. The van der Waals surface area contributed by atoms with Crippen LogP contribution < -0.4 is 20.4 Å². The molecule has 4 rings (SSSR count). The van der Waals surface area contributed by atoms with E-state index in [1.165, 1.54) is 0 Å². The second kappa shape index (κ2) is 9.61. The van der Waals surface area contributed by atoms with Gasteiger partial charge >= 0.3 is 0 Å². The summed E-state index contributed by atoms with van der Waals surface area (Å²) in [5, 5.41) is 7.42. The molecule has 0 spiro atoms. The van der Waals surface area contributed by atoms with Crippen LogP contribution in [0.4, 0.5) is 23.5 Å². The molecule has 0 radical (unpaired) electrons. The Kier molecular flexibility index (Phi) is 6.25. The van der Waals surface area contributed by atoms with Gasteiger partial charge in [-0.2, -0.15) is 20.1 Å². The lowest BCUT2D eigenvalue weighted by atomic mass is 10.3. The van der Waals surface area contributed by atoms with Crippen LogP contribution in [0.15, 0.2) is 53.9 Å². The number of morpholine rings is 1. The number of methoxy groups -OCH3 is 1. The summed E-state index contributed by atoms with van der Waals surface area (Å²) in [5.41, 5.74) is 4.58. The van der Waals surface area contributed by atoms with E-state index in [1.54, 1.807) is 25.7 Å². The molecule has 154 valence electrons. The number of hydrogen-bond donors (Lipinski definition) is 2. The lowest BCUT2D eigenvalue weighted by molar-refractivity contribution is 0.122. The Morgan fingerprint density at radius 3 is 2.60 bits per heavy atom. The number of pyridine rings is 1. The number of rotatable bonds is 7. The highest BCUT2D eigenvalue weighted by atomic mass is 16.5. The van der Waals surface area contributed by atoms with Gasteiger partial charge in [0.25, 0.3) is 0 Å². The normalized spacial score (nSPS) is 14.0. The number of aromatic nitrogens is 4. The van der Waals surface area contributed by atoms with Crippen molar-refractivity contribution in [1.82, 2.24) is 19.9 Å². The summed E-state index contributed by atoms with van der Waals surface area (Å²) >= 11 is 0. The molecule has 0 atom stereocenters. The van der Waals surface area contributed by atoms with E-state index < -0.39 is 0 Å². The number of nitrogens with one attached hydrogen (secondary N) is 2. The lowest BCUT2D eigenvalue weighted by Crippen LogP contribution is -2.37. The van der Waals surface area contributed by atoms with Crippen LogP contribution in [0.3, 0.4) is 0 Å². The zero-order valence-corrected chi connectivity index (χ0v) is 16.5. The third-order valence-electron chi connectivity index (χ3n) is 4.33. The number of anilines is 4. The van der Waals surface area contributed by atoms with E-state index in [0.717, 1.165) is 17.0 Å². The van der Waals surface area contributed by atoms with Crippen molar-refractivity contribution < 1.29 is 9.47 Å². The number of ether oxygens (including phenoxy) is 2. The minimum absolute atomic E-state index is 0.336. The maximum absolute atomic E-state index is 5.43. The molecule has 1 saturated heterocycles. The van der Waals surface area contributed by atoms with E-state index in [2.05, 4.69) is 40.7 Å². The maximum atomic E-state index is 5.43. The van der Waals surface area contributed by atoms with Crippen molar-refractivity contribution in [3.8, 4) is 5.75 Å². The molecule has 1 aromatic carbocycles. The van der Waals surface area contributed by atoms with Gasteiger partial charge in [-0.05, 0) is 30.3 Å². The summed E-state index contributed by atoms with van der Waals surface area (Å²) in [6.07, 6.45) is 5.08. The molecule has 0 saturated carbocycles. The zero-order chi connectivity index (χ0) is 20.6. The molecule has 2 N–H and O–H groups in total. The van der Waals surface area contributed by atoms with Gasteiger partial charge < -0.3 is 19.7 Å². The van der Waals surface area contributed by atoms with Gasteiger partial charge in [0.1, 0.15) is 5.75 Å². The van der Waals surface area contributed by atoms with Gasteiger partial charge in [0, 0.05) is 36.7 Å².